The first-order valence-electron chi connectivity index (χ1n) is 4.49. The second kappa shape index (κ2) is 4.42. The van der Waals surface area contributed by atoms with Crippen LogP contribution in [0.1, 0.15) is 13.3 Å². The predicted octanol–water partition coefficient (Wildman–Crippen LogP) is -0.844. The lowest BCUT2D eigenvalue weighted by molar-refractivity contribution is -0.123. The number of rotatable bonds is 3. The lowest BCUT2D eigenvalue weighted by atomic mass is 10.2. The number of hydrogen-bond donors (Lipinski definition) is 2. The van der Waals surface area contributed by atoms with Crippen molar-refractivity contribution >= 4 is 5.91 Å². The molecule has 1 amide bonds. The molecular weight excluding hydrogens is 154 g/mol. The van der Waals surface area contributed by atoms with Crippen molar-refractivity contribution < 1.29 is 4.79 Å². The third-order valence-corrected chi connectivity index (χ3v) is 2.19. The first-order chi connectivity index (χ1) is 5.75. The van der Waals surface area contributed by atoms with Gasteiger partial charge >= 0.3 is 0 Å². The summed E-state index contributed by atoms with van der Waals surface area (Å²) < 4.78 is 0. The minimum atomic E-state index is -0.212. The average molecular weight is 171 g/mol. The number of nitrogens with zero attached hydrogens (tertiary/aromatic N) is 1. The molecule has 0 aliphatic carbocycles. The van der Waals surface area contributed by atoms with E-state index >= 15 is 0 Å². The van der Waals surface area contributed by atoms with E-state index in [9.17, 15) is 4.79 Å². The van der Waals surface area contributed by atoms with Crippen molar-refractivity contribution in [2.45, 2.75) is 19.4 Å². The van der Waals surface area contributed by atoms with E-state index in [2.05, 4.69) is 17.1 Å². The Labute approximate surface area is 73.1 Å². The number of hydrogen-bond acceptors (Lipinski definition) is 3. The third-order valence-electron chi connectivity index (χ3n) is 2.19. The molecule has 0 aromatic heterocycles. The van der Waals surface area contributed by atoms with Crippen molar-refractivity contribution in [1.29, 1.82) is 0 Å². The molecule has 70 valence electrons. The molecule has 0 aromatic rings. The van der Waals surface area contributed by atoms with E-state index in [1.165, 1.54) is 0 Å². The zero-order valence-electron chi connectivity index (χ0n) is 7.55. The second-order valence-corrected chi connectivity index (χ2v) is 3.16. The van der Waals surface area contributed by atoms with Crippen LogP contribution < -0.4 is 11.1 Å². The summed E-state index contributed by atoms with van der Waals surface area (Å²) in [6, 6.07) is -0.0984. The van der Waals surface area contributed by atoms with Crippen LogP contribution in [0.5, 0.6) is 0 Å². The van der Waals surface area contributed by atoms with Gasteiger partial charge in [0.2, 0.25) is 5.91 Å². The minimum absolute atomic E-state index is 0.0984. The molecule has 4 heteroatoms. The third kappa shape index (κ3) is 2.19. The Bertz CT molecular complexity index is 158. The largest absolute Gasteiger partial charge is 0.368 e. The molecule has 0 saturated carbocycles. The summed E-state index contributed by atoms with van der Waals surface area (Å²) in [6.45, 7) is 5.68. The monoisotopic (exact) mass is 171 g/mol. The molecule has 0 spiro atoms. The number of primary amides is 1. The fourth-order valence-corrected chi connectivity index (χ4v) is 1.58. The molecule has 12 heavy (non-hydrogen) atoms. The molecule has 1 heterocycles. The van der Waals surface area contributed by atoms with E-state index in [4.69, 9.17) is 5.73 Å². The summed E-state index contributed by atoms with van der Waals surface area (Å²) in [4.78, 5) is 13.1. The van der Waals surface area contributed by atoms with Crippen LogP contribution in [0.4, 0.5) is 0 Å². The quantitative estimate of drug-likeness (QED) is 0.582. The molecule has 1 atom stereocenters. The highest BCUT2D eigenvalue weighted by atomic mass is 16.1. The number of nitrogens with one attached hydrogen (secondary N) is 1. The van der Waals surface area contributed by atoms with Crippen molar-refractivity contribution in [3.63, 3.8) is 0 Å². The van der Waals surface area contributed by atoms with E-state index in [0.717, 1.165) is 26.1 Å². The second-order valence-electron chi connectivity index (χ2n) is 3.16. The number of carbonyl (C=O) groups excluding carboxylic acids is 1. The van der Waals surface area contributed by atoms with Gasteiger partial charge < -0.3 is 11.1 Å². The van der Waals surface area contributed by atoms with Crippen LogP contribution in [0.25, 0.3) is 0 Å². The summed E-state index contributed by atoms with van der Waals surface area (Å²) in [6.07, 6.45) is 1.07. The van der Waals surface area contributed by atoms with E-state index < -0.39 is 0 Å². The van der Waals surface area contributed by atoms with Crippen LogP contribution in [0, 0.1) is 0 Å². The fraction of sp³-hybridized carbons (Fsp3) is 0.875. The van der Waals surface area contributed by atoms with Gasteiger partial charge in [0, 0.05) is 19.6 Å². The van der Waals surface area contributed by atoms with Gasteiger partial charge in [-0.05, 0) is 13.0 Å². The Morgan fingerprint density at radius 1 is 1.75 bits per heavy atom. The standard InChI is InChI=1S/C8H17N3O/c1-2-4-11-5-3-10-6-7(11)8(9)12/h7,10H,2-6H2,1H3,(H2,9,12). The van der Waals surface area contributed by atoms with E-state index in [1.807, 2.05) is 0 Å². The van der Waals surface area contributed by atoms with Gasteiger partial charge in [0.1, 0.15) is 6.04 Å². The molecule has 0 bridgehead atoms. The summed E-state index contributed by atoms with van der Waals surface area (Å²) in [7, 11) is 0. The van der Waals surface area contributed by atoms with Crippen molar-refractivity contribution in [3.8, 4) is 0 Å². The lowest BCUT2D eigenvalue weighted by Gasteiger charge is -2.33. The smallest absolute Gasteiger partial charge is 0.236 e. The highest BCUT2D eigenvalue weighted by Gasteiger charge is 2.25. The maximum Gasteiger partial charge on any atom is 0.236 e. The molecule has 1 unspecified atom stereocenters. The van der Waals surface area contributed by atoms with Gasteiger partial charge in [0.15, 0.2) is 0 Å². The zero-order valence-corrected chi connectivity index (χ0v) is 7.55. The zero-order chi connectivity index (χ0) is 8.97. The SMILES string of the molecule is CCCN1CCNCC1C(N)=O. The van der Waals surface area contributed by atoms with Crippen molar-refractivity contribution in [2.24, 2.45) is 5.73 Å². The Morgan fingerprint density at radius 3 is 3.08 bits per heavy atom. The summed E-state index contributed by atoms with van der Waals surface area (Å²) in [5.41, 5.74) is 5.27. The predicted molar refractivity (Wildman–Crippen MR) is 47.7 cm³/mol. The Morgan fingerprint density at radius 2 is 2.50 bits per heavy atom. The molecule has 3 N–H and O–H groups in total. The van der Waals surface area contributed by atoms with E-state index in [0.29, 0.717) is 6.54 Å². The van der Waals surface area contributed by atoms with Gasteiger partial charge in [-0.2, -0.15) is 0 Å². The fourth-order valence-electron chi connectivity index (χ4n) is 1.58. The average Bonchev–Trinajstić information content (AvgIpc) is 2.05. The molecule has 0 radical (unpaired) electrons. The van der Waals surface area contributed by atoms with Gasteiger partial charge in [-0.3, -0.25) is 9.69 Å². The van der Waals surface area contributed by atoms with Gasteiger partial charge in [0.25, 0.3) is 0 Å². The highest BCUT2D eigenvalue weighted by Crippen LogP contribution is 2.02. The molecule has 1 saturated heterocycles. The first-order valence-corrected chi connectivity index (χ1v) is 4.49. The topological polar surface area (TPSA) is 58.4 Å². The van der Waals surface area contributed by atoms with Crippen molar-refractivity contribution in [2.75, 3.05) is 26.2 Å². The van der Waals surface area contributed by atoms with Crippen LogP contribution in [-0.2, 0) is 4.79 Å². The minimum Gasteiger partial charge on any atom is -0.368 e. The molecule has 1 rings (SSSR count). The van der Waals surface area contributed by atoms with Crippen LogP contribution >= 0.6 is 0 Å². The molecule has 1 aliphatic heterocycles. The number of piperazine rings is 1. The van der Waals surface area contributed by atoms with Gasteiger partial charge in [-0.25, -0.2) is 0 Å². The number of carbonyl (C=O) groups is 1. The van der Waals surface area contributed by atoms with Gasteiger partial charge in [0.05, 0.1) is 0 Å². The van der Waals surface area contributed by atoms with Crippen LogP contribution in [0.3, 0.4) is 0 Å². The van der Waals surface area contributed by atoms with E-state index in [1.54, 1.807) is 0 Å². The molecule has 1 fully saturated rings. The summed E-state index contributed by atoms with van der Waals surface area (Å²) >= 11 is 0. The maximum atomic E-state index is 11.0. The summed E-state index contributed by atoms with van der Waals surface area (Å²) in [5.74, 6) is -0.212. The Kier molecular flexibility index (Phi) is 3.49. The van der Waals surface area contributed by atoms with Crippen molar-refractivity contribution in [1.82, 2.24) is 10.2 Å². The van der Waals surface area contributed by atoms with E-state index in [-0.39, 0.29) is 11.9 Å². The van der Waals surface area contributed by atoms with Gasteiger partial charge in [-0.15, -0.1) is 0 Å². The Hall–Kier alpha value is -0.610. The lowest BCUT2D eigenvalue weighted by Crippen LogP contribution is -2.56. The van der Waals surface area contributed by atoms with Crippen molar-refractivity contribution in [3.05, 3.63) is 0 Å². The van der Waals surface area contributed by atoms with Crippen LogP contribution in [0.15, 0.2) is 0 Å². The normalized spacial score (nSPS) is 25.6. The molecule has 4 nitrogen and oxygen atoms in total. The highest BCUT2D eigenvalue weighted by molar-refractivity contribution is 5.80. The Balaban J connectivity index is 2.48. The van der Waals surface area contributed by atoms with Crippen LogP contribution in [-0.4, -0.2) is 43.0 Å². The first kappa shape index (κ1) is 9.48. The number of amides is 1. The van der Waals surface area contributed by atoms with Gasteiger partial charge in [-0.1, -0.05) is 6.92 Å². The molecular formula is C8H17N3O. The molecule has 0 aromatic carbocycles. The number of nitrogens with two attached hydrogens (primary N) is 1. The van der Waals surface area contributed by atoms with Crippen LogP contribution in [0.2, 0.25) is 0 Å². The molecule has 1 aliphatic rings. The summed E-state index contributed by atoms with van der Waals surface area (Å²) in [5, 5.41) is 3.16. The maximum absolute atomic E-state index is 11.0.